The molecule has 2 nitrogen and oxygen atoms in total. The van der Waals surface area contributed by atoms with Crippen LogP contribution in [0.15, 0.2) is 176 Å². The van der Waals surface area contributed by atoms with E-state index in [9.17, 15) is 0 Å². The second-order valence-electron chi connectivity index (χ2n) is 9.60. The van der Waals surface area contributed by atoms with E-state index in [1.807, 2.05) is 62.4 Å². The zero-order valence-electron chi connectivity index (χ0n) is 23.9. The molecule has 3 aromatic rings. The molecule has 0 spiro atoms. The molecule has 4 rings (SSSR count). The van der Waals surface area contributed by atoms with Gasteiger partial charge in [-0.05, 0) is 77.6 Å². The van der Waals surface area contributed by atoms with Crippen molar-refractivity contribution < 1.29 is 9.47 Å². The third-order valence-corrected chi connectivity index (χ3v) is 6.64. The highest BCUT2D eigenvalue weighted by atomic mass is 16.5. The third kappa shape index (κ3) is 7.12. The SMILES string of the molecule is C=CC(=C)OC(=C)/C=C(\C)c1ccccc1OC(=C/C=C\C)/C(=C1/C=CCC=CC1=C)c1cccc2ccccc12. The van der Waals surface area contributed by atoms with Gasteiger partial charge in [-0.1, -0.05) is 123 Å². The Hall–Kier alpha value is -5.08. The number of hydrogen-bond donors (Lipinski definition) is 0. The lowest BCUT2D eigenvalue weighted by molar-refractivity contribution is 0.340. The summed E-state index contributed by atoms with van der Waals surface area (Å²) < 4.78 is 12.5. The monoisotopic (exact) mass is 536 g/mol. The van der Waals surface area contributed by atoms with Gasteiger partial charge in [-0.25, -0.2) is 0 Å². The summed E-state index contributed by atoms with van der Waals surface area (Å²) >= 11 is 0. The molecule has 0 atom stereocenters. The highest BCUT2D eigenvalue weighted by Crippen LogP contribution is 2.39. The van der Waals surface area contributed by atoms with Crippen molar-refractivity contribution in [3.8, 4) is 5.75 Å². The lowest BCUT2D eigenvalue weighted by atomic mass is 9.90. The van der Waals surface area contributed by atoms with E-state index in [2.05, 4.69) is 93.1 Å². The maximum absolute atomic E-state index is 6.87. The first kappa shape index (κ1) is 28.9. The van der Waals surface area contributed by atoms with E-state index in [0.29, 0.717) is 23.0 Å². The van der Waals surface area contributed by atoms with Crippen LogP contribution in [-0.4, -0.2) is 0 Å². The van der Waals surface area contributed by atoms with Crippen molar-refractivity contribution in [3.63, 3.8) is 0 Å². The standard InChI is InChI=1S/C39H36O2/c1-7-9-25-38(41-37-26-16-15-21-33(37)29(4)27-31(6)40-30(5)8-2)39(34-22-12-10-11-18-28(34)3)36-24-17-20-32-19-13-14-23-35(32)36/h7-9,11-27H,2-3,5-6,10H2,1,4H3/b9-7-,29-27+,38-25+,39-34-. The second kappa shape index (κ2) is 13.8. The minimum absolute atomic E-state index is 0.442. The van der Waals surface area contributed by atoms with E-state index < -0.39 is 0 Å². The average Bonchev–Trinajstić information content (AvgIpc) is 3.20. The summed E-state index contributed by atoms with van der Waals surface area (Å²) in [6.45, 7) is 19.9. The van der Waals surface area contributed by atoms with Crippen LogP contribution in [0.4, 0.5) is 0 Å². The third-order valence-electron chi connectivity index (χ3n) is 6.64. The summed E-state index contributed by atoms with van der Waals surface area (Å²) in [5.74, 6) is 2.34. The molecule has 0 unspecified atom stereocenters. The molecule has 0 aromatic heterocycles. The van der Waals surface area contributed by atoms with Crippen molar-refractivity contribution in [1.82, 2.24) is 0 Å². The molecule has 0 amide bonds. The second-order valence-corrected chi connectivity index (χ2v) is 9.60. The van der Waals surface area contributed by atoms with Crippen LogP contribution >= 0.6 is 0 Å². The van der Waals surface area contributed by atoms with Crippen LogP contribution in [0.2, 0.25) is 0 Å². The molecule has 0 N–H and O–H groups in total. The molecule has 2 heteroatoms. The van der Waals surface area contributed by atoms with E-state index in [4.69, 9.17) is 9.47 Å². The molecule has 0 radical (unpaired) electrons. The van der Waals surface area contributed by atoms with Crippen LogP contribution < -0.4 is 4.74 Å². The maximum Gasteiger partial charge on any atom is 0.135 e. The highest BCUT2D eigenvalue weighted by Gasteiger charge is 2.20. The topological polar surface area (TPSA) is 18.5 Å². The van der Waals surface area contributed by atoms with Crippen molar-refractivity contribution in [1.29, 1.82) is 0 Å². The Morgan fingerprint density at radius 2 is 1.56 bits per heavy atom. The molecule has 0 saturated heterocycles. The molecular weight excluding hydrogens is 500 g/mol. The molecule has 1 aliphatic rings. The molecule has 204 valence electrons. The van der Waals surface area contributed by atoms with Crippen molar-refractivity contribution in [3.05, 3.63) is 187 Å². The van der Waals surface area contributed by atoms with Gasteiger partial charge in [0.15, 0.2) is 0 Å². The van der Waals surface area contributed by atoms with Gasteiger partial charge in [-0.2, -0.15) is 0 Å². The maximum atomic E-state index is 6.87. The van der Waals surface area contributed by atoms with Gasteiger partial charge in [0.2, 0.25) is 0 Å². The summed E-state index contributed by atoms with van der Waals surface area (Å²) in [4.78, 5) is 0. The first-order valence-corrected chi connectivity index (χ1v) is 13.6. The lowest BCUT2D eigenvalue weighted by Crippen LogP contribution is -2.05. The Morgan fingerprint density at radius 1 is 0.854 bits per heavy atom. The van der Waals surface area contributed by atoms with Crippen LogP contribution in [0, 0.1) is 0 Å². The van der Waals surface area contributed by atoms with Crippen LogP contribution in [-0.2, 0) is 4.74 Å². The average molecular weight is 537 g/mol. The van der Waals surface area contributed by atoms with E-state index in [0.717, 1.165) is 50.6 Å². The van der Waals surface area contributed by atoms with Gasteiger partial charge in [0.1, 0.15) is 23.0 Å². The van der Waals surface area contributed by atoms with Crippen molar-refractivity contribution >= 4 is 21.9 Å². The fourth-order valence-corrected chi connectivity index (χ4v) is 4.68. The Bertz CT molecular complexity index is 1680. The quantitative estimate of drug-likeness (QED) is 0.189. The van der Waals surface area contributed by atoms with Crippen LogP contribution in [0.3, 0.4) is 0 Å². The Balaban J connectivity index is 1.91. The Kier molecular flexibility index (Phi) is 9.75. The van der Waals surface area contributed by atoms with E-state index >= 15 is 0 Å². The van der Waals surface area contributed by atoms with Gasteiger partial charge in [0.25, 0.3) is 0 Å². The Morgan fingerprint density at radius 3 is 2.37 bits per heavy atom. The van der Waals surface area contributed by atoms with Gasteiger partial charge in [-0.15, -0.1) is 0 Å². The predicted molar refractivity (Wildman–Crippen MR) is 176 cm³/mol. The summed E-state index contributed by atoms with van der Waals surface area (Å²) in [6.07, 6.45) is 18.8. The molecule has 1 aliphatic carbocycles. The summed E-state index contributed by atoms with van der Waals surface area (Å²) in [7, 11) is 0. The minimum atomic E-state index is 0.442. The number of ether oxygens (including phenoxy) is 2. The first-order valence-electron chi connectivity index (χ1n) is 13.6. The number of para-hydroxylation sites is 1. The number of fused-ring (bicyclic) bond motifs is 1. The number of hydrogen-bond acceptors (Lipinski definition) is 2. The minimum Gasteiger partial charge on any atom is -0.459 e. The van der Waals surface area contributed by atoms with Crippen molar-refractivity contribution in [2.45, 2.75) is 20.3 Å². The smallest absolute Gasteiger partial charge is 0.135 e. The van der Waals surface area contributed by atoms with Gasteiger partial charge >= 0.3 is 0 Å². The summed E-state index contributed by atoms with van der Waals surface area (Å²) in [6, 6.07) is 22.8. The number of benzene rings is 3. The molecule has 0 aliphatic heterocycles. The molecular formula is C39H36O2. The highest BCUT2D eigenvalue weighted by molar-refractivity contribution is 5.99. The van der Waals surface area contributed by atoms with Crippen molar-refractivity contribution in [2.24, 2.45) is 0 Å². The Labute approximate surface area is 244 Å². The summed E-state index contributed by atoms with van der Waals surface area (Å²) in [5, 5.41) is 2.30. The number of allylic oxidation sites excluding steroid dienone is 13. The summed E-state index contributed by atoms with van der Waals surface area (Å²) in [5.41, 5.74) is 5.85. The van der Waals surface area contributed by atoms with Crippen LogP contribution in [0.5, 0.6) is 5.75 Å². The molecule has 3 aromatic carbocycles. The van der Waals surface area contributed by atoms with E-state index in [1.165, 1.54) is 0 Å². The van der Waals surface area contributed by atoms with Crippen LogP contribution in [0.25, 0.3) is 21.9 Å². The molecule has 41 heavy (non-hydrogen) atoms. The molecule has 0 fully saturated rings. The predicted octanol–water partition coefficient (Wildman–Crippen LogP) is 10.8. The van der Waals surface area contributed by atoms with Gasteiger partial charge in [-0.3, -0.25) is 0 Å². The van der Waals surface area contributed by atoms with E-state index in [1.54, 1.807) is 6.08 Å². The lowest BCUT2D eigenvalue weighted by Gasteiger charge is -2.21. The molecule has 0 heterocycles. The van der Waals surface area contributed by atoms with E-state index in [-0.39, 0.29) is 0 Å². The molecule has 0 saturated carbocycles. The largest absolute Gasteiger partial charge is 0.459 e. The zero-order valence-corrected chi connectivity index (χ0v) is 23.9. The van der Waals surface area contributed by atoms with Gasteiger partial charge in [0, 0.05) is 11.1 Å². The van der Waals surface area contributed by atoms with Crippen LogP contribution in [0.1, 0.15) is 31.4 Å². The fourth-order valence-electron chi connectivity index (χ4n) is 4.68. The number of rotatable bonds is 10. The zero-order chi connectivity index (χ0) is 29.2. The normalized spacial score (nSPS) is 15.1. The van der Waals surface area contributed by atoms with Crippen molar-refractivity contribution in [2.75, 3.05) is 0 Å². The van der Waals surface area contributed by atoms with Gasteiger partial charge in [0.05, 0.1) is 0 Å². The first-order chi connectivity index (χ1) is 19.9. The molecule has 0 bridgehead atoms. The van der Waals surface area contributed by atoms with Gasteiger partial charge < -0.3 is 9.47 Å². The fraction of sp³-hybridized carbons (Fsp3) is 0.0769.